The highest BCUT2D eigenvalue weighted by Crippen LogP contribution is 2.55. The summed E-state index contributed by atoms with van der Waals surface area (Å²) in [6.45, 7) is 0.599. The van der Waals surface area contributed by atoms with Gasteiger partial charge in [-0.1, -0.05) is 12.1 Å². The first-order valence-electron chi connectivity index (χ1n) is 9.79. The maximum atomic E-state index is 13.9. The summed E-state index contributed by atoms with van der Waals surface area (Å²) >= 11 is 1.42. The molecule has 2 aliphatic rings. The Labute approximate surface area is 182 Å². The molecular formula is C23H19FN2O4S. The molecule has 0 unspecified atom stereocenters. The second-order valence-electron chi connectivity index (χ2n) is 7.33. The molecule has 0 bridgehead atoms. The number of hydrogen-bond acceptors (Lipinski definition) is 5. The van der Waals surface area contributed by atoms with Crippen molar-refractivity contribution >= 4 is 29.3 Å². The fourth-order valence-corrected chi connectivity index (χ4v) is 5.68. The maximum Gasteiger partial charge on any atom is 0.291 e. The SMILES string of the molecule is COc1ccc2c(c1)[C@]1(SCCN1C(=O)c1ccco1)C(=O)N2Cc1cccc(F)c1. The Kier molecular flexibility index (Phi) is 4.74. The summed E-state index contributed by atoms with van der Waals surface area (Å²) in [6.07, 6.45) is 1.44. The van der Waals surface area contributed by atoms with Gasteiger partial charge in [0.25, 0.3) is 11.8 Å². The molecule has 31 heavy (non-hydrogen) atoms. The van der Waals surface area contributed by atoms with E-state index in [1.54, 1.807) is 53.3 Å². The number of carbonyl (C=O) groups excluding carboxylic acids is 2. The van der Waals surface area contributed by atoms with Crippen molar-refractivity contribution in [2.45, 2.75) is 11.4 Å². The summed E-state index contributed by atoms with van der Waals surface area (Å²) in [7, 11) is 1.56. The normalized spacial score (nSPS) is 19.9. The number of halogens is 1. The Hall–Kier alpha value is -3.26. The van der Waals surface area contributed by atoms with Gasteiger partial charge in [0.1, 0.15) is 11.6 Å². The van der Waals surface area contributed by atoms with Crippen LogP contribution in [0.25, 0.3) is 0 Å². The van der Waals surface area contributed by atoms with Gasteiger partial charge in [-0.2, -0.15) is 0 Å². The lowest BCUT2D eigenvalue weighted by Crippen LogP contribution is -2.50. The molecule has 0 radical (unpaired) electrons. The minimum Gasteiger partial charge on any atom is -0.497 e. The first-order chi connectivity index (χ1) is 15.0. The highest BCUT2D eigenvalue weighted by Gasteiger charge is 2.60. The monoisotopic (exact) mass is 438 g/mol. The van der Waals surface area contributed by atoms with Crippen LogP contribution in [0.1, 0.15) is 21.7 Å². The number of methoxy groups -OCH3 is 1. The Morgan fingerprint density at radius 1 is 1.23 bits per heavy atom. The van der Waals surface area contributed by atoms with Gasteiger partial charge in [0.2, 0.25) is 0 Å². The average Bonchev–Trinajstić information content (AvgIpc) is 3.51. The summed E-state index contributed by atoms with van der Waals surface area (Å²) in [5.41, 5.74) is 2.04. The number of nitrogens with zero attached hydrogens (tertiary/aromatic N) is 2. The molecule has 1 spiro atoms. The van der Waals surface area contributed by atoms with Crippen molar-refractivity contribution in [3.63, 3.8) is 0 Å². The molecule has 0 N–H and O–H groups in total. The molecule has 3 heterocycles. The van der Waals surface area contributed by atoms with Gasteiger partial charge < -0.3 is 19.0 Å². The third-order valence-corrected chi connectivity index (χ3v) is 7.03. The Morgan fingerprint density at radius 2 is 2.10 bits per heavy atom. The number of fused-ring (bicyclic) bond motifs is 2. The minimum atomic E-state index is -1.22. The summed E-state index contributed by atoms with van der Waals surface area (Å²) in [4.78, 5) is 29.1. The van der Waals surface area contributed by atoms with Crippen LogP contribution < -0.4 is 9.64 Å². The van der Waals surface area contributed by atoms with Gasteiger partial charge in [-0.05, 0) is 48.0 Å². The third-order valence-electron chi connectivity index (χ3n) is 5.61. The summed E-state index contributed by atoms with van der Waals surface area (Å²) in [5.74, 6) is 0.438. The van der Waals surface area contributed by atoms with Crippen molar-refractivity contribution in [2.75, 3.05) is 24.3 Å². The fraction of sp³-hybridized carbons (Fsp3) is 0.217. The van der Waals surface area contributed by atoms with E-state index in [9.17, 15) is 14.0 Å². The fourth-order valence-electron chi connectivity index (χ4n) is 4.23. The number of thioether (sulfide) groups is 1. The Bertz CT molecular complexity index is 1170. The predicted molar refractivity (Wildman–Crippen MR) is 114 cm³/mol. The highest BCUT2D eigenvalue weighted by molar-refractivity contribution is 8.01. The smallest absolute Gasteiger partial charge is 0.291 e. The molecule has 158 valence electrons. The van der Waals surface area contributed by atoms with Crippen molar-refractivity contribution in [1.82, 2.24) is 4.90 Å². The number of anilines is 1. The summed E-state index contributed by atoms with van der Waals surface area (Å²) in [5, 5.41) is 0. The second-order valence-corrected chi connectivity index (χ2v) is 8.62. The molecule has 1 atom stereocenters. The van der Waals surface area contributed by atoms with Gasteiger partial charge in [0.15, 0.2) is 10.6 Å². The largest absolute Gasteiger partial charge is 0.497 e. The molecule has 2 aromatic carbocycles. The van der Waals surface area contributed by atoms with Crippen LogP contribution in [0.5, 0.6) is 5.75 Å². The zero-order valence-corrected chi connectivity index (χ0v) is 17.5. The average molecular weight is 438 g/mol. The van der Waals surface area contributed by atoms with Crippen LogP contribution in [0.4, 0.5) is 10.1 Å². The van der Waals surface area contributed by atoms with Crippen molar-refractivity contribution < 1.29 is 23.1 Å². The molecule has 1 saturated heterocycles. The van der Waals surface area contributed by atoms with Gasteiger partial charge in [0, 0.05) is 17.9 Å². The van der Waals surface area contributed by atoms with E-state index >= 15 is 0 Å². The molecule has 3 aromatic rings. The second kappa shape index (κ2) is 7.46. The molecule has 6 nitrogen and oxygen atoms in total. The molecule has 1 aromatic heterocycles. The van der Waals surface area contributed by atoms with E-state index in [2.05, 4.69) is 0 Å². The highest BCUT2D eigenvalue weighted by atomic mass is 32.2. The van der Waals surface area contributed by atoms with Gasteiger partial charge in [-0.3, -0.25) is 9.59 Å². The van der Waals surface area contributed by atoms with Gasteiger partial charge >= 0.3 is 0 Å². The molecule has 1 fully saturated rings. The maximum absolute atomic E-state index is 13.9. The molecule has 2 amide bonds. The molecular weight excluding hydrogens is 419 g/mol. The number of amides is 2. The quantitative estimate of drug-likeness (QED) is 0.616. The van der Waals surface area contributed by atoms with E-state index in [0.717, 1.165) is 0 Å². The number of carbonyl (C=O) groups is 2. The first-order valence-corrected chi connectivity index (χ1v) is 10.8. The molecule has 0 aliphatic carbocycles. The van der Waals surface area contributed by atoms with Crippen molar-refractivity contribution in [1.29, 1.82) is 0 Å². The summed E-state index contributed by atoms with van der Waals surface area (Å²) < 4.78 is 24.5. The molecule has 5 rings (SSSR count). The van der Waals surface area contributed by atoms with Crippen molar-refractivity contribution in [3.8, 4) is 5.75 Å². The number of rotatable bonds is 4. The number of ether oxygens (including phenoxy) is 1. The van der Waals surface area contributed by atoms with Crippen LogP contribution in [-0.4, -0.2) is 36.1 Å². The van der Waals surface area contributed by atoms with Crippen LogP contribution in [0.3, 0.4) is 0 Å². The third kappa shape index (κ3) is 3.01. The molecule has 2 aliphatic heterocycles. The zero-order valence-electron chi connectivity index (χ0n) is 16.7. The zero-order chi connectivity index (χ0) is 21.6. The Morgan fingerprint density at radius 3 is 2.84 bits per heavy atom. The predicted octanol–water partition coefficient (Wildman–Crippen LogP) is 4.02. The minimum absolute atomic E-state index is 0.183. The van der Waals surface area contributed by atoms with Gasteiger partial charge in [0.05, 0.1) is 25.6 Å². The number of furan rings is 1. The van der Waals surface area contributed by atoms with E-state index in [0.29, 0.717) is 34.9 Å². The van der Waals surface area contributed by atoms with Gasteiger partial charge in [-0.25, -0.2) is 4.39 Å². The van der Waals surface area contributed by atoms with Crippen LogP contribution in [0, 0.1) is 5.82 Å². The Balaban J connectivity index is 1.62. The lowest BCUT2D eigenvalue weighted by atomic mass is 10.0. The van der Waals surface area contributed by atoms with Crippen LogP contribution in [0.2, 0.25) is 0 Å². The van der Waals surface area contributed by atoms with Gasteiger partial charge in [-0.15, -0.1) is 11.8 Å². The lowest BCUT2D eigenvalue weighted by molar-refractivity contribution is -0.123. The van der Waals surface area contributed by atoms with Crippen LogP contribution in [0.15, 0.2) is 65.3 Å². The van der Waals surface area contributed by atoms with Crippen molar-refractivity contribution in [3.05, 3.63) is 83.6 Å². The van der Waals surface area contributed by atoms with E-state index < -0.39 is 4.87 Å². The van der Waals surface area contributed by atoms with E-state index in [4.69, 9.17) is 9.15 Å². The van der Waals surface area contributed by atoms with Crippen LogP contribution in [-0.2, 0) is 16.2 Å². The summed E-state index contributed by atoms with van der Waals surface area (Å²) in [6, 6.07) is 14.8. The van der Waals surface area contributed by atoms with E-state index in [1.807, 2.05) is 6.07 Å². The standard InChI is InChI=1S/C23H19FN2O4S/c1-29-17-7-8-19-18(13-17)23(22(28)25(19)14-15-4-2-5-16(24)12-15)26(9-11-31-23)21(27)20-6-3-10-30-20/h2-8,10,12-13H,9,11,14H2,1H3/t23-/m0/s1. The lowest BCUT2D eigenvalue weighted by Gasteiger charge is -2.32. The van der Waals surface area contributed by atoms with Crippen molar-refractivity contribution in [2.24, 2.45) is 0 Å². The van der Waals surface area contributed by atoms with E-state index in [1.165, 1.54) is 30.2 Å². The number of benzene rings is 2. The van der Waals surface area contributed by atoms with Crippen LogP contribution >= 0.6 is 11.8 Å². The van der Waals surface area contributed by atoms with E-state index in [-0.39, 0.29) is 29.9 Å². The molecule has 0 saturated carbocycles. The first kappa shape index (κ1) is 19.7. The molecule has 8 heteroatoms. The number of hydrogen-bond donors (Lipinski definition) is 0. The topological polar surface area (TPSA) is 63.0 Å².